The molecule has 1 aromatic rings. The Bertz CT molecular complexity index is 535. The van der Waals surface area contributed by atoms with Gasteiger partial charge in [-0.05, 0) is 37.0 Å². The van der Waals surface area contributed by atoms with Gasteiger partial charge in [-0.3, -0.25) is 4.79 Å². The van der Waals surface area contributed by atoms with E-state index in [2.05, 4.69) is 21.2 Å². The van der Waals surface area contributed by atoms with Crippen molar-refractivity contribution < 1.29 is 18.0 Å². The monoisotopic (exact) mass is 383 g/mol. The highest BCUT2D eigenvalue weighted by Crippen LogP contribution is 2.34. The van der Waals surface area contributed by atoms with Crippen LogP contribution in [0.4, 0.5) is 13.2 Å². The second-order valence-corrected chi connectivity index (χ2v) is 6.58. The molecule has 0 saturated heterocycles. The maximum atomic E-state index is 13.0. The molecule has 1 aliphatic carbocycles. The maximum absolute atomic E-state index is 13.0. The van der Waals surface area contributed by atoms with Gasteiger partial charge in [-0.2, -0.15) is 13.2 Å². The summed E-state index contributed by atoms with van der Waals surface area (Å²) in [5, 5.41) is 2.55. The fourth-order valence-corrected chi connectivity index (χ4v) is 3.22. The van der Waals surface area contributed by atoms with Crippen molar-refractivity contribution in [1.29, 1.82) is 0 Å². The number of amides is 1. The predicted molar refractivity (Wildman–Crippen MR) is 78.5 cm³/mol. The quantitative estimate of drug-likeness (QED) is 0.758. The number of hydrogen-bond donors (Lipinski definition) is 1. The highest BCUT2D eigenvalue weighted by Gasteiger charge is 2.35. The number of rotatable bonds is 3. The van der Waals surface area contributed by atoms with Crippen molar-refractivity contribution in [3.63, 3.8) is 0 Å². The molecule has 0 radical (unpaired) electrons. The lowest BCUT2D eigenvalue weighted by Gasteiger charge is -2.17. The topological polar surface area (TPSA) is 29.1 Å². The fourth-order valence-electron chi connectivity index (χ4n) is 2.49. The van der Waals surface area contributed by atoms with Crippen LogP contribution in [0.1, 0.15) is 35.2 Å². The summed E-state index contributed by atoms with van der Waals surface area (Å²) >= 11 is 9.08. The van der Waals surface area contributed by atoms with E-state index in [4.69, 9.17) is 11.6 Å². The first-order valence-electron chi connectivity index (χ1n) is 6.58. The third-order valence-electron chi connectivity index (χ3n) is 3.62. The Balaban J connectivity index is 2.12. The normalized spacial score (nSPS) is 22.3. The molecule has 1 fully saturated rings. The number of halogens is 5. The molecule has 1 amide bonds. The van der Waals surface area contributed by atoms with E-state index in [9.17, 15) is 18.0 Å². The molecule has 1 aromatic carbocycles. The Morgan fingerprint density at radius 3 is 2.67 bits per heavy atom. The van der Waals surface area contributed by atoms with Crippen LogP contribution in [0.15, 0.2) is 22.7 Å². The molecule has 0 aliphatic heterocycles. The van der Waals surface area contributed by atoms with E-state index in [1.807, 2.05) is 0 Å². The number of benzene rings is 1. The third-order valence-corrected chi connectivity index (χ3v) is 4.69. The fraction of sp³-hybridized carbons (Fsp3) is 0.500. The van der Waals surface area contributed by atoms with Gasteiger partial charge in [0.15, 0.2) is 0 Å². The van der Waals surface area contributed by atoms with Crippen molar-refractivity contribution in [1.82, 2.24) is 5.32 Å². The average Bonchev–Trinajstić information content (AvgIpc) is 2.80. The van der Waals surface area contributed by atoms with Gasteiger partial charge in [0, 0.05) is 16.4 Å². The molecular weight excluding hydrogens is 371 g/mol. The molecule has 21 heavy (non-hydrogen) atoms. The molecule has 7 heteroatoms. The summed E-state index contributed by atoms with van der Waals surface area (Å²) in [5.41, 5.74) is -1.31. The molecule has 0 aromatic heterocycles. The third kappa shape index (κ3) is 4.13. The van der Waals surface area contributed by atoms with Gasteiger partial charge in [0.1, 0.15) is 0 Å². The smallest absolute Gasteiger partial charge is 0.352 e. The molecule has 2 rings (SSSR count). The standard InChI is InChI=1S/C14H14BrClF3NO/c15-9-4-5-10(11(6-9)14(17,18)19)13(21)20-7-8-2-1-3-12(8)16/h4-6,8,12H,1-3,7H2,(H,20,21). The Morgan fingerprint density at radius 1 is 1.38 bits per heavy atom. The second-order valence-electron chi connectivity index (χ2n) is 5.10. The molecule has 2 nitrogen and oxygen atoms in total. The van der Waals surface area contributed by atoms with Crippen molar-refractivity contribution in [2.24, 2.45) is 5.92 Å². The zero-order valence-electron chi connectivity index (χ0n) is 11.0. The van der Waals surface area contributed by atoms with Gasteiger partial charge in [-0.25, -0.2) is 0 Å². The van der Waals surface area contributed by atoms with Crippen LogP contribution in [-0.4, -0.2) is 17.8 Å². The Kier molecular flexibility index (Phi) is 5.20. The minimum Gasteiger partial charge on any atom is -0.352 e. The Morgan fingerprint density at radius 2 is 2.10 bits per heavy atom. The zero-order chi connectivity index (χ0) is 15.6. The summed E-state index contributed by atoms with van der Waals surface area (Å²) in [5.74, 6) is -0.592. The van der Waals surface area contributed by atoms with E-state index < -0.39 is 17.6 Å². The summed E-state index contributed by atoms with van der Waals surface area (Å²) in [6, 6.07) is 3.51. The largest absolute Gasteiger partial charge is 0.417 e. The van der Waals surface area contributed by atoms with Crippen LogP contribution in [0, 0.1) is 5.92 Å². The second kappa shape index (κ2) is 6.57. The Labute approximate surface area is 134 Å². The molecule has 0 heterocycles. The number of nitrogens with one attached hydrogen (secondary N) is 1. The van der Waals surface area contributed by atoms with Crippen molar-refractivity contribution in [2.75, 3.05) is 6.54 Å². The van der Waals surface area contributed by atoms with Crippen molar-refractivity contribution in [2.45, 2.75) is 30.8 Å². The highest BCUT2D eigenvalue weighted by molar-refractivity contribution is 9.10. The van der Waals surface area contributed by atoms with E-state index >= 15 is 0 Å². The summed E-state index contributed by atoms with van der Waals surface area (Å²) in [6.45, 7) is 0.306. The molecule has 1 N–H and O–H groups in total. The molecular formula is C14H14BrClF3NO. The van der Waals surface area contributed by atoms with Crippen LogP contribution in [-0.2, 0) is 6.18 Å². The number of carbonyl (C=O) groups is 1. The molecule has 0 spiro atoms. The molecule has 0 bridgehead atoms. The van der Waals surface area contributed by atoms with Crippen LogP contribution in [0.25, 0.3) is 0 Å². The van der Waals surface area contributed by atoms with Crippen molar-refractivity contribution >= 4 is 33.4 Å². The first-order chi connectivity index (χ1) is 9.79. The van der Waals surface area contributed by atoms with Crippen LogP contribution in [0.2, 0.25) is 0 Å². The molecule has 116 valence electrons. The predicted octanol–water partition coefficient (Wildman–Crippen LogP) is 4.61. The van der Waals surface area contributed by atoms with Gasteiger partial charge < -0.3 is 5.32 Å². The summed E-state index contributed by atoms with van der Waals surface area (Å²) in [4.78, 5) is 12.0. The lowest BCUT2D eigenvalue weighted by Crippen LogP contribution is -2.32. The SMILES string of the molecule is O=C(NCC1CCCC1Cl)c1ccc(Br)cc1C(F)(F)F. The minimum atomic E-state index is -4.57. The van der Waals surface area contributed by atoms with Crippen LogP contribution in [0.3, 0.4) is 0 Å². The first kappa shape index (κ1) is 16.6. The van der Waals surface area contributed by atoms with E-state index in [1.165, 1.54) is 12.1 Å². The summed E-state index contributed by atoms with van der Waals surface area (Å²) in [6.07, 6.45) is -1.81. The number of carbonyl (C=O) groups excluding carboxylic acids is 1. The van der Waals surface area contributed by atoms with E-state index in [0.717, 1.165) is 25.3 Å². The van der Waals surface area contributed by atoms with Gasteiger partial charge in [-0.15, -0.1) is 11.6 Å². The zero-order valence-corrected chi connectivity index (χ0v) is 13.4. The van der Waals surface area contributed by atoms with E-state index in [-0.39, 0.29) is 21.3 Å². The maximum Gasteiger partial charge on any atom is 0.417 e. The lowest BCUT2D eigenvalue weighted by atomic mass is 10.1. The molecule has 1 aliphatic rings. The van der Waals surface area contributed by atoms with Gasteiger partial charge >= 0.3 is 6.18 Å². The highest BCUT2D eigenvalue weighted by atomic mass is 79.9. The minimum absolute atomic E-state index is 0.0164. The van der Waals surface area contributed by atoms with Gasteiger partial charge in [-0.1, -0.05) is 22.4 Å². The molecule has 1 saturated carbocycles. The van der Waals surface area contributed by atoms with E-state index in [0.29, 0.717) is 6.54 Å². The lowest BCUT2D eigenvalue weighted by molar-refractivity contribution is -0.138. The van der Waals surface area contributed by atoms with Gasteiger partial charge in [0.25, 0.3) is 5.91 Å². The van der Waals surface area contributed by atoms with Crippen molar-refractivity contribution in [3.05, 3.63) is 33.8 Å². The van der Waals surface area contributed by atoms with Crippen molar-refractivity contribution in [3.8, 4) is 0 Å². The Hall–Kier alpha value is -0.750. The van der Waals surface area contributed by atoms with Gasteiger partial charge in [0.05, 0.1) is 11.1 Å². The summed E-state index contributed by atoms with van der Waals surface area (Å²) < 4.78 is 39.2. The van der Waals surface area contributed by atoms with Crippen LogP contribution in [0.5, 0.6) is 0 Å². The number of alkyl halides is 4. The first-order valence-corrected chi connectivity index (χ1v) is 7.81. The van der Waals surface area contributed by atoms with E-state index in [1.54, 1.807) is 0 Å². The molecule has 2 atom stereocenters. The summed E-state index contributed by atoms with van der Waals surface area (Å²) in [7, 11) is 0. The van der Waals surface area contributed by atoms with Crippen LogP contribution >= 0.6 is 27.5 Å². The number of hydrogen-bond acceptors (Lipinski definition) is 1. The molecule has 2 unspecified atom stereocenters. The van der Waals surface area contributed by atoms with Crippen LogP contribution < -0.4 is 5.32 Å². The van der Waals surface area contributed by atoms with Gasteiger partial charge in [0.2, 0.25) is 0 Å². The average molecular weight is 385 g/mol.